The molecule has 1 aliphatic heterocycles. The van der Waals surface area contributed by atoms with E-state index in [1.54, 1.807) is 17.2 Å². The average molecular weight is 442 g/mol. The highest BCUT2D eigenvalue weighted by molar-refractivity contribution is 5.97. The van der Waals surface area contributed by atoms with Crippen LogP contribution in [-0.2, 0) is 11.2 Å². The number of halogens is 1. The van der Waals surface area contributed by atoms with Gasteiger partial charge >= 0.3 is 0 Å². The zero-order valence-corrected chi connectivity index (χ0v) is 18.2. The van der Waals surface area contributed by atoms with E-state index in [9.17, 15) is 14.0 Å². The van der Waals surface area contributed by atoms with Crippen LogP contribution in [0.4, 0.5) is 4.39 Å². The highest BCUT2D eigenvalue weighted by atomic mass is 19.1. The van der Waals surface area contributed by atoms with Crippen LogP contribution in [0.5, 0.6) is 0 Å². The molecule has 0 aliphatic carbocycles. The predicted octanol–water partition coefficient (Wildman–Crippen LogP) is 3.63. The summed E-state index contributed by atoms with van der Waals surface area (Å²) in [4.78, 5) is 32.2. The minimum Gasteiger partial charge on any atom is -0.353 e. The first-order valence-electron chi connectivity index (χ1n) is 10.9. The van der Waals surface area contributed by atoms with E-state index in [0.29, 0.717) is 30.9 Å². The number of carbonyl (C=O) groups excluding carboxylic acids is 2. The maximum atomic E-state index is 13.7. The zero-order chi connectivity index (χ0) is 22.9. The number of aryl methyl sites for hydroxylation is 1. The third-order valence-corrected chi connectivity index (χ3v) is 5.94. The molecular weight excluding hydrogens is 419 g/mol. The van der Waals surface area contributed by atoms with E-state index in [2.05, 4.69) is 10.3 Å². The second-order valence-electron chi connectivity index (χ2n) is 8.32. The molecule has 2 aromatic carbocycles. The first kappa shape index (κ1) is 20.9. The minimum absolute atomic E-state index is 0.189. The Morgan fingerprint density at radius 1 is 1.12 bits per heavy atom. The fourth-order valence-electron chi connectivity index (χ4n) is 4.26. The van der Waals surface area contributed by atoms with Gasteiger partial charge in [-0.05, 0) is 53.4 Å². The van der Waals surface area contributed by atoms with Gasteiger partial charge in [-0.15, -0.1) is 0 Å². The van der Waals surface area contributed by atoms with Crippen molar-refractivity contribution in [2.45, 2.75) is 19.4 Å². The lowest BCUT2D eigenvalue weighted by molar-refractivity contribution is -0.127. The number of imidazole rings is 1. The van der Waals surface area contributed by atoms with Crippen LogP contribution < -0.4 is 5.32 Å². The molecule has 7 heteroatoms. The number of carbonyl (C=O) groups is 2. The number of fused-ring (bicyclic) bond motifs is 1. The van der Waals surface area contributed by atoms with Gasteiger partial charge in [-0.25, -0.2) is 9.37 Å². The van der Waals surface area contributed by atoms with Crippen LogP contribution in [0.15, 0.2) is 73.1 Å². The van der Waals surface area contributed by atoms with Gasteiger partial charge in [0.1, 0.15) is 23.2 Å². The number of nitrogens with one attached hydrogen (secondary N) is 1. The Bertz CT molecular complexity index is 1360. The Morgan fingerprint density at radius 2 is 1.91 bits per heavy atom. The molecule has 1 fully saturated rings. The summed E-state index contributed by atoms with van der Waals surface area (Å²) < 4.78 is 15.5. The van der Waals surface area contributed by atoms with Gasteiger partial charge in [-0.2, -0.15) is 0 Å². The summed E-state index contributed by atoms with van der Waals surface area (Å²) in [7, 11) is 0. The average Bonchev–Trinajstić information content (AvgIpc) is 3.23. The molecule has 2 amide bonds. The van der Waals surface area contributed by atoms with E-state index in [-0.39, 0.29) is 17.6 Å². The maximum Gasteiger partial charge on any atom is 0.274 e. The van der Waals surface area contributed by atoms with Crippen molar-refractivity contribution in [3.63, 3.8) is 0 Å². The summed E-state index contributed by atoms with van der Waals surface area (Å²) in [6.45, 7) is 2.78. The summed E-state index contributed by atoms with van der Waals surface area (Å²) in [5.41, 5.74) is 4.57. The number of aromatic nitrogens is 2. The Morgan fingerprint density at radius 3 is 2.73 bits per heavy atom. The van der Waals surface area contributed by atoms with E-state index in [4.69, 9.17) is 0 Å². The third-order valence-electron chi connectivity index (χ3n) is 5.94. The van der Waals surface area contributed by atoms with Crippen LogP contribution in [0.25, 0.3) is 16.8 Å². The van der Waals surface area contributed by atoms with Crippen molar-refractivity contribution >= 4 is 17.5 Å². The molecule has 0 spiro atoms. The van der Waals surface area contributed by atoms with Crippen molar-refractivity contribution in [1.82, 2.24) is 19.6 Å². The number of benzene rings is 2. The molecule has 1 unspecified atom stereocenters. The second kappa shape index (κ2) is 8.50. The minimum atomic E-state index is -0.652. The molecule has 3 heterocycles. The fraction of sp³-hybridized carbons (Fsp3) is 0.192. The maximum absolute atomic E-state index is 13.7. The Balaban J connectivity index is 1.43. The number of pyridine rings is 1. The molecular formula is C26H23FN4O2. The van der Waals surface area contributed by atoms with Crippen LogP contribution in [0.1, 0.15) is 21.6 Å². The highest BCUT2D eigenvalue weighted by Gasteiger charge is 2.34. The van der Waals surface area contributed by atoms with Crippen molar-refractivity contribution in [1.29, 1.82) is 0 Å². The van der Waals surface area contributed by atoms with E-state index < -0.39 is 6.04 Å². The Kier molecular flexibility index (Phi) is 5.38. The summed E-state index contributed by atoms with van der Waals surface area (Å²) in [6.07, 6.45) is 3.92. The van der Waals surface area contributed by atoms with Crippen LogP contribution in [0.2, 0.25) is 0 Å². The van der Waals surface area contributed by atoms with Gasteiger partial charge in [0.25, 0.3) is 5.91 Å². The molecule has 2 aromatic heterocycles. The summed E-state index contributed by atoms with van der Waals surface area (Å²) >= 11 is 0. The van der Waals surface area contributed by atoms with Gasteiger partial charge in [0.15, 0.2) is 0 Å². The smallest absolute Gasteiger partial charge is 0.274 e. The number of rotatable bonds is 4. The van der Waals surface area contributed by atoms with Crippen LogP contribution in [0, 0.1) is 12.7 Å². The Hall–Kier alpha value is -4.00. The van der Waals surface area contributed by atoms with E-state index in [0.717, 1.165) is 22.3 Å². The van der Waals surface area contributed by atoms with E-state index >= 15 is 0 Å². The first-order valence-corrected chi connectivity index (χ1v) is 10.9. The monoisotopic (exact) mass is 442 g/mol. The summed E-state index contributed by atoms with van der Waals surface area (Å²) in [6, 6.07) is 17.2. The molecule has 0 bridgehead atoms. The quantitative estimate of drug-likeness (QED) is 0.525. The zero-order valence-electron chi connectivity index (χ0n) is 18.2. The Labute approximate surface area is 190 Å². The van der Waals surface area contributed by atoms with Gasteiger partial charge < -0.3 is 14.6 Å². The van der Waals surface area contributed by atoms with Crippen LogP contribution >= 0.6 is 0 Å². The molecule has 6 nitrogen and oxygen atoms in total. The number of piperazine rings is 1. The molecule has 1 saturated heterocycles. The van der Waals surface area contributed by atoms with Gasteiger partial charge in [0.2, 0.25) is 5.91 Å². The molecule has 4 aromatic rings. The molecule has 0 radical (unpaired) electrons. The molecule has 1 atom stereocenters. The largest absolute Gasteiger partial charge is 0.353 e. The van der Waals surface area contributed by atoms with E-state index in [1.807, 2.05) is 60.0 Å². The second-order valence-corrected chi connectivity index (χ2v) is 8.32. The predicted molar refractivity (Wildman–Crippen MR) is 123 cm³/mol. The summed E-state index contributed by atoms with van der Waals surface area (Å²) in [5.74, 6) is -0.758. The molecule has 1 aliphatic rings. The number of nitrogens with zero attached hydrogens (tertiary/aromatic N) is 3. The van der Waals surface area contributed by atoms with Gasteiger partial charge in [-0.1, -0.05) is 36.4 Å². The van der Waals surface area contributed by atoms with Crippen molar-refractivity contribution < 1.29 is 14.0 Å². The standard InChI is InChI=1S/C26H23FN4O2/c1-17-8-10-30-16-22(29-24(30)12-17)26(33)31-11-9-28-25(32)23(31)14-18-4-2-5-19(13-18)20-6-3-7-21(27)15-20/h2-8,10,12-13,15-16,23H,9,11,14H2,1H3,(H,28,32). The van der Waals surface area contributed by atoms with Crippen molar-refractivity contribution in [3.05, 3.63) is 95.7 Å². The van der Waals surface area contributed by atoms with Gasteiger partial charge in [-0.3, -0.25) is 9.59 Å². The van der Waals surface area contributed by atoms with Crippen molar-refractivity contribution in [3.8, 4) is 11.1 Å². The lowest BCUT2D eigenvalue weighted by atomic mass is 9.97. The molecule has 166 valence electrons. The third kappa shape index (κ3) is 4.22. The SMILES string of the molecule is Cc1ccn2cc(C(=O)N3CCNC(=O)C3Cc3cccc(-c4cccc(F)c4)c3)nc2c1. The normalized spacial score (nSPS) is 16.1. The number of hydrogen-bond donors (Lipinski definition) is 1. The van der Waals surface area contributed by atoms with Crippen molar-refractivity contribution in [2.75, 3.05) is 13.1 Å². The number of hydrogen-bond acceptors (Lipinski definition) is 3. The molecule has 0 saturated carbocycles. The van der Waals surface area contributed by atoms with Gasteiger partial charge in [0, 0.05) is 31.9 Å². The lowest BCUT2D eigenvalue weighted by Gasteiger charge is -2.34. The van der Waals surface area contributed by atoms with Crippen LogP contribution in [0.3, 0.4) is 0 Å². The number of amides is 2. The topological polar surface area (TPSA) is 66.7 Å². The molecule has 1 N–H and O–H groups in total. The lowest BCUT2D eigenvalue weighted by Crippen LogP contribution is -2.58. The van der Waals surface area contributed by atoms with Crippen molar-refractivity contribution in [2.24, 2.45) is 0 Å². The van der Waals surface area contributed by atoms with Crippen LogP contribution in [-0.4, -0.2) is 45.2 Å². The van der Waals surface area contributed by atoms with E-state index in [1.165, 1.54) is 12.1 Å². The first-order chi connectivity index (χ1) is 16.0. The molecule has 5 rings (SSSR count). The van der Waals surface area contributed by atoms with Gasteiger partial charge in [0.05, 0.1) is 0 Å². The fourth-order valence-corrected chi connectivity index (χ4v) is 4.26. The highest BCUT2D eigenvalue weighted by Crippen LogP contribution is 2.23. The summed E-state index contributed by atoms with van der Waals surface area (Å²) in [5, 5.41) is 2.87. The molecule has 33 heavy (non-hydrogen) atoms.